The lowest BCUT2D eigenvalue weighted by Crippen LogP contribution is -2.42. The largest absolute Gasteiger partial charge is 0.300 e. The molecule has 0 bridgehead atoms. The lowest BCUT2D eigenvalue weighted by Gasteiger charge is -2.37. The fraction of sp³-hybridized carbons (Fsp3) is 1.00. The summed E-state index contributed by atoms with van der Waals surface area (Å²) in [5, 5.41) is 0. The number of nitrogens with zero attached hydrogens (tertiary/aromatic N) is 1. The maximum Gasteiger partial charge on any atom is 0.00899 e. The van der Waals surface area contributed by atoms with Crippen LogP contribution in [0, 0.1) is 11.8 Å². The first kappa shape index (κ1) is 11.0. The number of hydrogen-bond donors (Lipinski definition) is 0. The quantitative estimate of drug-likeness (QED) is 0.649. The number of likely N-dealkylation sites (tertiary alicyclic amines) is 1. The molecule has 1 aliphatic heterocycles. The Balaban J connectivity index is 2.32. The van der Waals surface area contributed by atoms with Crippen molar-refractivity contribution in [3.8, 4) is 0 Å². The Morgan fingerprint density at radius 1 is 1.15 bits per heavy atom. The fourth-order valence-corrected chi connectivity index (χ4v) is 2.19. The van der Waals surface area contributed by atoms with Gasteiger partial charge in [-0.15, -0.1) is 0 Å². The first-order valence-electron chi connectivity index (χ1n) is 5.89. The maximum absolute atomic E-state index is 2.66. The third kappa shape index (κ3) is 2.98. The molecule has 1 atom stereocenters. The Labute approximate surface area is 83.5 Å². The van der Waals surface area contributed by atoms with Crippen LogP contribution in [0.4, 0.5) is 0 Å². The molecule has 78 valence electrons. The molecule has 0 aromatic rings. The molecule has 0 radical (unpaired) electrons. The predicted molar refractivity (Wildman–Crippen MR) is 58.9 cm³/mol. The summed E-state index contributed by atoms with van der Waals surface area (Å²) >= 11 is 0. The molecule has 1 heterocycles. The van der Waals surface area contributed by atoms with Crippen LogP contribution in [-0.4, -0.2) is 24.0 Å². The summed E-state index contributed by atoms with van der Waals surface area (Å²) in [7, 11) is 0. The third-order valence-corrected chi connectivity index (χ3v) is 3.77. The van der Waals surface area contributed by atoms with Crippen LogP contribution in [-0.2, 0) is 0 Å². The van der Waals surface area contributed by atoms with Gasteiger partial charge in [-0.3, -0.25) is 0 Å². The van der Waals surface area contributed by atoms with Crippen molar-refractivity contribution in [3.63, 3.8) is 0 Å². The van der Waals surface area contributed by atoms with Crippen LogP contribution in [0.2, 0.25) is 0 Å². The molecule has 1 nitrogen and oxygen atoms in total. The van der Waals surface area contributed by atoms with E-state index in [2.05, 4.69) is 32.6 Å². The number of piperidine rings is 1. The molecule has 1 saturated heterocycles. The smallest absolute Gasteiger partial charge is 0.00899 e. The van der Waals surface area contributed by atoms with E-state index in [0.29, 0.717) is 0 Å². The Hall–Kier alpha value is -0.0400. The predicted octanol–water partition coefficient (Wildman–Crippen LogP) is 3.15. The normalized spacial score (nSPS) is 23.8. The first-order valence-corrected chi connectivity index (χ1v) is 5.89. The van der Waals surface area contributed by atoms with Crippen molar-refractivity contribution in [3.05, 3.63) is 0 Å². The highest BCUT2D eigenvalue weighted by Gasteiger charge is 2.22. The van der Waals surface area contributed by atoms with Crippen LogP contribution in [0.25, 0.3) is 0 Å². The fourth-order valence-electron chi connectivity index (χ4n) is 2.19. The second-order valence-electron chi connectivity index (χ2n) is 4.87. The second kappa shape index (κ2) is 4.99. The van der Waals surface area contributed by atoms with Gasteiger partial charge in [0.25, 0.3) is 0 Å². The molecule has 13 heavy (non-hydrogen) atoms. The van der Waals surface area contributed by atoms with Gasteiger partial charge in [0.1, 0.15) is 0 Å². The van der Waals surface area contributed by atoms with E-state index in [1.807, 2.05) is 0 Å². The van der Waals surface area contributed by atoms with Crippen molar-refractivity contribution in [1.29, 1.82) is 0 Å². The molecule has 1 fully saturated rings. The molecule has 0 aliphatic carbocycles. The molecule has 0 N–H and O–H groups in total. The van der Waals surface area contributed by atoms with Crippen molar-refractivity contribution in [2.45, 2.75) is 53.0 Å². The van der Waals surface area contributed by atoms with Crippen molar-refractivity contribution < 1.29 is 0 Å². The van der Waals surface area contributed by atoms with Crippen molar-refractivity contribution in [2.24, 2.45) is 11.8 Å². The van der Waals surface area contributed by atoms with Gasteiger partial charge < -0.3 is 4.90 Å². The molecule has 1 aliphatic rings. The zero-order valence-electron chi connectivity index (χ0n) is 9.71. The average molecular weight is 183 g/mol. The number of hydrogen-bond acceptors (Lipinski definition) is 1. The van der Waals surface area contributed by atoms with Crippen molar-refractivity contribution in [1.82, 2.24) is 4.90 Å². The molecule has 1 rings (SSSR count). The van der Waals surface area contributed by atoms with Crippen LogP contribution in [0.1, 0.15) is 47.0 Å². The zero-order chi connectivity index (χ0) is 9.84. The van der Waals surface area contributed by atoms with Crippen LogP contribution in [0.3, 0.4) is 0 Å². The molecular weight excluding hydrogens is 158 g/mol. The highest BCUT2D eigenvalue weighted by atomic mass is 15.2. The lowest BCUT2D eigenvalue weighted by atomic mass is 9.92. The Bertz CT molecular complexity index is 134. The topological polar surface area (TPSA) is 3.24 Å². The zero-order valence-corrected chi connectivity index (χ0v) is 9.71. The summed E-state index contributed by atoms with van der Waals surface area (Å²) in [5.41, 5.74) is 0. The van der Waals surface area contributed by atoms with Crippen molar-refractivity contribution >= 4 is 0 Å². The van der Waals surface area contributed by atoms with E-state index in [1.54, 1.807) is 0 Å². The Morgan fingerprint density at radius 2 is 1.69 bits per heavy atom. The summed E-state index contributed by atoms with van der Waals surface area (Å²) in [6.07, 6.45) is 4.23. The lowest BCUT2D eigenvalue weighted by molar-refractivity contribution is 0.113. The van der Waals surface area contributed by atoms with Gasteiger partial charge in [0.15, 0.2) is 0 Å². The van der Waals surface area contributed by atoms with Gasteiger partial charge in [-0.1, -0.05) is 27.2 Å². The van der Waals surface area contributed by atoms with Gasteiger partial charge in [-0.05, 0) is 44.7 Å². The summed E-state index contributed by atoms with van der Waals surface area (Å²) < 4.78 is 0. The highest BCUT2D eigenvalue weighted by Crippen LogP contribution is 2.23. The van der Waals surface area contributed by atoms with Crippen LogP contribution >= 0.6 is 0 Å². The van der Waals surface area contributed by atoms with Crippen LogP contribution in [0.5, 0.6) is 0 Å². The van der Waals surface area contributed by atoms with Crippen LogP contribution in [0.15, 0.2) is 0 Å². The average Bonchev–Trinajstić information content (AvgIpc) is 2.17. The van der Waals surface area contributed by atoms with Gasteiger partial charge in [0, 0.05) is 6.04 Å². The van der Waals surface area contributed by atoms with E-state index in [-0.39, 0.29) is 0 Å². The van der Waals surface area contributed by atoms with Gasteiger partial charge >= 0.3 is 0 Å². The van der Waals surface area contributed by atoms with E-state index >= 15 is 0 Å². The van der Waals surface area contributed by atoms with E-state index in [9.17, 15) is 0 Å². The van der Waals surface area contributed by atoms with Gasteiger partial charge in [-0.2, -0.15) is 0 Å². The summed E-state index contributed by atoms with van der Waals surface area (Å²) in [5.74, 6) is 1.81. The summed E-state index contributed by atoms with van der Waals surface area (Å²) in [6, 6.07) is 0.776. The molecule has 0 saturated carbocycles. The Kier molecular flexibility index (Phi) is 4.24. The highest BCUT2D eigenvalue weighted by molar-refractivity contribution is 4.77. The standard InChI is InChI=1S/C12H25N/c1-5-12-6-8-13(9-7-12)11(4)10(2)3/h10-12H,5-9H2,1-4H3. The summed E-state index contributed by atoms with van der Waals surface area (Å²) in [6.45, 7) is 12.0. The first-order chi connectivity index (χ1) is 6.15. The van der Waals surface area contributed by atoms with Gasteiger partial charge in [0.05, 0.1) is 0 Å². The monoisotopic (exact) mass is 183 g/mol. The van der Waals surface area contributed by atoms with Crippen LogP contribution < -0.4 is 0 Å². The Morgan fingerprint density at radius 3 is 2.08 bits per heavy atom. The van der Waals surface area contributed by atoms with E-state index in [4.69, 9.17) is 0 Å². The van der Waals surface area contributed by atoms with Gasteiger partial charge in [-0.25, -0.2) is 0 Å². The maximum atomic E-state index is 2.66. The molecule has 0 amide bonds. The third-order valence-electron chi connectivity index (χ3n) is 3.77. The van der Waals surface area contributed by atoms with E-state index in [0.717, 1.165) is 17.9 Å². The minimum Gasteiger partial charge on any atom is -0.300 e. The minimum absolute atomic E-state index is 0.776. The van der Waals surface area contributed by atoms with E-state index in [1.165, 1.54) is 32.4 Å². The molecule has 0 aromatic carbocycles. The minimum atomic E-state index is 0.776. The molecular formula is C12H25N. The SMILES string of the molecule is CCC1CCN(C(C)C(C)C)CC1. The second-order valence-corrected chi connectivity index (χ2v) is 4.87. The molecule has 0 aromatic heterocycles. The molecule has 1 unspecified atom stereocenters. The van der Waals surface area contributed by atoms with Gasteiger partial charge in [0.2, 0.25) is 0 Å². The summed E-state index contributed by atoms with van der Waals surface area (Å²) in [4.78, 5) is 2.66. The van der Waals surface area contributed by atoms with Crippen molar-refractivity contribution in [2.75, 3.05) is 13.1 Å². The number of rotatable bonds is 3. The molecule has 1 heteroatoms. The molecule has 0 spiro atoms. The van der Waals surface area contributed by atoms with E-state index < -0.39 is 0 Å².